The SMILES string of the molecule is CC[C@]12C=CCN3CC[C@@]4(c5cc([C@@H]6CCC(=O)N6)c(OC)cc5N(C)[C@H]4[C@@](O)(C(=O)OC)[C@@H]1OC(C)=O)[C@@H]32. The van der Waals surface area contributed by atoms with Crippen molar-refractivity contribution in [3.05, 3.63) is 35.4 Å². The summed E-state index contributed by atoms with van der Waals surface area (Å²) in [6.45, 7) is 4.81. The average Bonchev–Trinajstić information content (AvgIpc) is 3.60. The Morgan fingerprint density at radius 1 is 1.23 bits per heavy atom. The predicted octanol–water partition coefficient (Wildman–Crippen LogP) is 1.59. The van der Waals surface area contributed by atoms with Crippen LogP contribution in [-0.4, -0.2) is 86.0 Å². The Morgan fingerprint density at radius 2 is 2.00 bits per heavy atom. The summed E-state index contributed by atoms with van der Waals surface area (Å²) in [7, 11) is 4.73. The number of ether oxygens (including phenoxy) is 3. The van der Waals surface area contributed by atoms with Gasteiger partial charge < -0.3 is 29.5 Å². The van der Waals surface area contributed by atoms with Crippen molar-refractivity contribution in [2.45, 2.75) is 74.8 Å². The summed E-state index contributed by atoms with van der Waals surface area (Å²) in [4.78, 5) is 42.8. The minimum absolute atomic E-state index is 0.00660. The number of amides is 1. The number of fused-ring (bicyclic) bond motifs is 1. The van der Waals surface area contributed by atoms with Gasteiger partial charge in [0.15, 0.2) is 6.10 Å². The Hall–Kier alpha value is -3.11. The van der Waals surface area contributed by atoms with Gasteiger partial charge in [0.1, 0.15) is 5.75 Å². The molecule has 1 aromatic carbocycles. The zero-order chi connectivity index (χ0) is 27.9. The number of hydrogen-bond donors (Lipinski definition) is 2. The minimum Gasteiger partial charge on any atom is -0.496 e. The van der Waals surface area contributed by atoms with E-state index in [4.69, 9.17) is 14.2 Å². The fourth-order valence-corrected chi connectivity index (χ4v) is 8.90. The third-order valence-electron chi connectivity index (χ3n) is 10.1. The van der Waals surface area contributed by atoms with Crippen LogP contribution < -0.4 is 15.0 Å². The van der Waals surface area contributed by atoms with E-state index in [-0.39, 0.29) is 18.0 Å². The third-order valence-corrected chi connectivity index (χ3v) is 10.1. The zero-order valence-corrected chi connectivity index (χ0v) is 23.2. The van der Waals surface area contributed by atoms with Gasteiger partial charge in [0, 0.05) is 61.1 Å². The van der Waals surface area contributed by atoms with E-state index in [0.29, 0.717) is 31.4 Å². The molecule has 1 saturated carbocycles. The summed E-state index contributed by atoms with van der Waals surface area (Å²) < 4.78 is 17.1. The second-order valence-corrected chi connectivity index (χ2v) is 11.6. The number of esters is 2. The Bertz CT molecular complexity index is 1280. The van der Waals surface area contributed by atoms with Crippen LogP contribution in [0, 0.1) is 5.41 Å². The van der Waals surface area contributed by atoms with Crippen LogP contribution in [-0.2, 0) is 29.3 Å². The summed E-state index contributed by atoms with van der Waals surface area (Å²) in [5.41, 5.74) is -0.944. The van der Waals surface area contributed by atoms with Crippen molar-refractivity contribution >= 4 is 23.5 Å². The summed E-state index contributed by atoms with van der Waals surface area (Å²) in [5, 5.41) is 15.8. The number of carbonyl (C=O) groups excluding carboxylic acids is 3. The van der Waals surface area contributed by atoms with E-state index in [9.17, 15) is 19.5 Å². The number of likely N-dealkylation sites (N-methyl/N-ethyl adjacent to an activating group) is 1. The van der Waals surface area contributed by atoms with Gasteiger partial charge in [0.25, 0.3) is 0 Å². The fourth-order valence-electron chi connectivity index (χ4n) is 8.90. The molecule has 0 bridgehead atoms. The quantitative estimate of drug-likeness (QED) is 0.425. The van der Waals surface area contributed by atoms with E-state index in [1.165, 1.54) is 14.0 Å². The first-order valence-electron chi connectivity index (χ1n) is 13.7. The van der Waals surface area contributed by atoms with Crippen molar-refractivity contribution in [1.29, 1.82) is 0 Å². The lowest BCUT2D eigenvalue weighted by atomic mass is 9.47. The molecular weight excluding hydrogens is 502 g/mol. The number of anilines is 1. The topological polar surface area (TPSA) is 118 Å². The molecule has 3 fully saturated rings. The molecule has 2 N–H and O–H groups in total. The maximum atomic E-state index is 13.8. The van der Waals surface area contributed by atoms with Crippen molar-refractivity contribution in [2.24, 2.45) is 5.41 Å². The second kappa shape index (κ2) is 8.69. The molecule has 0 aromatic heterocycles. The van der Waals surface area contributed by atoms with Crippen LogP contribution in [0.4, 0.5) is 5.69 Å². The lowest BCUT2D eigenvalue weighted by Crippen LogP contribution is -2.81. The molecule has 0 unspecified atom stereocenters. The highest BCUT2D eigenvalue weighted by atomic mass is 16.6. The van der Waals surface area contributed by atoms with Gasteiger partial charge in [0.2, 0.25) is 11.5 Å². The van der Waals surface area contributed by atoms with Gasteiger partial charge in [-0.05, 0) is 37.4 Å². The Kier molecular flexibility index (Phi) is 5.83. The van der Waals surface area contributed by atoms with Crippen LogP contribution in [0.5, 0.6) is 5.75 Å². The number of rotatable bonds is 5. The molecule has 10 nitrogen and oxygen atoms in total. The van der Waals surface area contributed by atoms with Crippen LogP contribution in [0.1, 0.15) is 56.7 Å². The molecule has 1 spiro atoms. The first-order chi connectivity index (χ1) is 18.6. The summed E-state index contributed by atoms with van der Waals surface area (Å²) >= 11 is 0. The lowest BCUT2D eigenvalue weighted by molar-refractivity contribution is -0.228. The molecule has 210 valence electrons. The van der Waals surface area contributed by atoms with E-state index in [0.717, 1.165) is 29.9 Å². The van der Waals surface area contributed by atoms with Gasteiger partial charge in [-0.25, -0.2) is 4.79 Å². The highest BCUT2D eigenvalue weighted by Gasteiger charge is 2.80. The van der Waals surface area contributed by atoms with Crippen molar-refractivity contribution in [3.8, 4) is 5.75 Å². The molecule has 2 saturated heterocycles. The van der Waals surface area contributed by atoms with E-state index in [2.05, 4.69) is 28.4 Å². The molecule has 7 atom stereocenters. The van der Waals surface area contributed by atoms with E-state index >= 15 is 0 Å². The first kappa shape index (κ1) is 26.1. The fraction of sp³-hybridized carbons (Fsp3) is 0.621. The molecule has 5 aliphatic rings. The van der Waals surface area contributed by atoms with E-state index < -0.39 is 40.5 Å². The number of nitrogens with one attached hydrogen (secondary N) is 1. The van der Waals surface area contributed by atoms with Crippen molar-refractivity contribution < 1.29 is 33.7 Å². The average molecular weight is 540 g/mol. The summed E-state index contributed by atoms with van der Waals surface area (Å²) in [6.07, 6.45) is 5.30. The molecule has 1 aliphatic carbocycles. The number of carbonyl (C=O) groups is 3. The van der Waals surface area contributed by atoms with Crippen LogP contribution in [0.15, 0.2) is 24.3 Å². The Morgan fingerprint density at radius 3 is 2.62 bits per heavy atom. The number of nitrogens with zero attached hydrogens (tertiary/aromatic N) is 2. The second-order valence-electron chi connectivity index (χ2n) is 11.6. The standard InChI is InChI=1S/C29H37N3O7/c1-6-27-10-7-12-32-13-11-28(23(27)32)18-14-17(19-8-9-22(34)30-19)21(37-4)15-20(18)31(3)24(28)29(36,26(35)38-5)25(27)39-16(2)33/h7,10,14-15,19,23-25,36H,6,8-9,11-13H2,1-5H3,(H,30,34)/t19-,23-,24+,25+,27+,28+,29-/m0/s1. The molecule has 4 aliphatic heterocycles. The van der Waals surface area contributed by atoms with E-state index in [1.807, 2.05) is 24.9 Å². The van der Waals surface area contributed by atoms with Gasteiger partial charge >= 0.3 is 11.9 Å². The molecule has 0 radical (unpaired) electrons. The number of methoxy groups -OCH3 is 2. The predicted molar refractivity (Wildman–Crippen MR) is 141 cm³/mol. The summed E-state index contributed by atoms with van der Waals surface area (Å²) in [5.74, 6) is -0.741. The molecule has 1 aromatic rings. The van der Waals surface area contributed by atoms with Gasteiger partial charge in [-0.2, -0.15) is 0 Å². The molecule has 4 heterocycles. The molecular formula is C29H37N3O7. The number of aliphatic hydroxyl groups is 1. The smallest absolute Gasteiger partial charge is 0.344 e. The highest BCUT2D eigenvalue weighted by Crippen LogP contribution is 2.67. The first-order valence-corrected chi connectivity index (χ1v) is 13.7. The van der Waals surface area contributed by atoms with Gasteiger partial charge in [-0.3, -0.25) is 14.5 Å². The normalized spacial score (nSPS) is 38.1. The number of benzene rings is 1. The molecule has 39 heavy (non-hydrogen) atoms. The van der Waals surface area contributed by atoms with E-state index in [1.54, 1.807) is 7.11 Å². The van der Waals surface area contributed by atoms with Gasteiger partial charge in [0.05, 0.1) is 26.3 Å². The van der Waals surface area contributed by atoms with Crippen LogP contribution in [0.3, 0.4) is 0 Å². The molecule has 10 heteroatoms. The van der Waals surface area contributed by atoms with Crippen molar-refractivity contribution in [3.63, 3.8) is 0 Å². The third kappa shape index (κ3) is 3.13. The van der Waals surface area contributed by atoms with Crippen molar-refractivity contribution in [1.82, 2.24) is 10.2 Å². The van der Waals surface area contributed by atoms with Crippen molar-refractivity contribution in [2.75, 3.05) is 39.3 Å². The zero-order valence-electron chi connectivity index (χ0n) is 23.2. The molecule has 6 rings (SSSR count). The lowest BCUT2D eigenvalue weighted by Gasteiger charge is -2.63. The minimum atomic E-state index is -2.16. The maximum Gasteiger partial charge on any atom is 0.344 e. The largest absolute Gasteiger partial charge is 0.496 e. The van der Waals surface area contributed by atoms with Gasteiger partial charge in [-0.15, -0.1) is 0 Å². The Labute approximate surface area is 228 Å². The van der Waals surface area contributed by atoms with Crippen LogP contribution >= 0.6 is 0 Å². The summed E-state index contributed by atoms with van der Waals surface area (Å²) in [6, 6.07) is 2.97. The highest BCUT2D eigenvalue weighted by molar-refractivity contribution is 5.87. The molecule has 1 amide bonds. The number of hydrogen-bond acceptors (Lipinski definition) is 9. The monoisotopic (exact) mass is 539 g/mol. The Balaban J connectivity index is 1.66. The van der Waals surface area contributed by atoms with Crippen LogP contribution in [0.2, 0.25) is 0 Å². The van der Waals surface area contributed by atoms with Gasteiger partial charge in [-0.1, -0.05) is 19.1 Å². The van der Waals surface area contributed by atoms with Crippen LogP contribution in [0.25, 0.3) is 0 Å². The maximum absolute atomic E-state index is 13.8.